The first kappa shape index (κ1) is 13.6. The summed E-state index contributed by atoms with van der Waals surface area (Å²) in [6.45, 7) is 12.5. The molecule has 4 heteroatoms. The van der Waals surface area contributed by atoms with E-state index in [1.165, 1.54) is 7.11 Å². The topological polar surface area (TPSA) is 35.5 Å². The summed E-state index contributed by atoms with van der Waals surface area (Å²) in [7, 11) is -0.963. The van der Waals surface area contributed by atoms with Crippen molar-refractivity contribution in [2.75, 3.05) is 7.11 Å². The van der Waals surface area contributed by atoms with Crippen molar-refractivity contribution in [3.05, 3.63) is 0 Å². The minimum atomic E-state index is -2.14. The second kappa shape index (κ2) is 8.05. The van der Waals surface area contributed by atoms with Crippen LogP contribution in [0.15, 0.2) is 0 Å². The standard InChI is InChI=1S/C15H32O3Si/c1-8-10-13(11-9-12-14(16)17-5)18-19(6,7)15(2,3)4/h13H,8-12H2,1-7H3/t13-/m0/s1/i12D2,13D. The lowest BCUT2D eigenvalue weighted by Crippen LogP contribution is -2.44. The molecule has 19 heavy (non-hydrogen) atoms. The summed E-state index contributed by atoms with van der Waals surface area (Å²) in [5, 5.41) is -0.0194. The molecule has 0 saturated heterocycles. The number of methoxy groups -OCH3 is 1. The van der Waals surface area contributed by atoms with Gasteiger partial charge in [0.25, 0.3) is 0 Å². The van der Waals surface area contributed by atoms with Crippen LogP contribution < -0.4 is 0 Å². The molecule has 0 aromatic rings. The molecule has 0 aliphatic rings. The second-order valence-electron chi connectivity index (χ2n) is 6.32. The molecule has 0 saturated carbocycles. The highest BCUT2D eigenvalue weighted by Crippen LogP contribution is 2.38. The Labute approximate surface area is 124 Å². The number of hydrogen-bond donors (Lipinski definition) is 0. The number of rotatable bonds is 8. The molecule has 0 aromatic heterocycles. The van der Waals surface area contributed by atoms with Crippen molar-refractivity contribution in [1.82, 2.24) is 0 Å². The van der Waals surface area contributed by atoms with Crippen LogP contribution in [0.4, 0.5) is 0 Å². The maximum atomic E-state index is 11.5. The molecule has 0 rings (SSSR count). The Bertz CT molecular complexity index is 381. The van der Waals surface area contributed by atoms with Gasteiger partial charge in [-0.15, -0.1) is 0 Å². The summed E-state index contributed by atoms with van der Waals surface area (Å²) in [6, 6.07) is 0. The van der Waals surface area contributed by atoms with Gasteiger partial charge in [-0.1, -0.05) is 34.1 Å². The Morgan fingerprint density at radius 2 is 1.95 bits per heavy atom. The van der Waals surface area contributed by atoms with E-state index in [4.69, 9.17) is 8.54 Å². The van der Waals surface area contributed by atoms with Gasteiger partial charge in [0.05, 0.1) is 8.48 Å². The van der Waals surface area contributed by atoms with Crippen molar-refractivity contribution in [1.29, 1.82) is 0 Å². The second-order valence-corrected chi connectivity index (χ2v) is 11.0. The van der Waals surface area contributed by atoms with Crippen LogP contribution in [0, 0.1) is 0 Å². The normalized spacial score (nSPS) is 19.0. The van der Waals surface area contributed by atoms with E-state index in [2.05, 4.69) is 38.6 Å². The van der Waals surface area contributed by atoms with Crippen LogP contribution >= 0.6 is 0 Å². The van der Waals surface area contributed by atoms with Crippen molar-refractivity contribution in [3.63, 3.8) is 0 Å². The predicted molar refractivity (Wildman–Crippen MR) is 82.8 cm³/mol. The van der Waals surface area contributed by atoms with Crippen molar-refractivity contribution >= 4 is 14.3 Å². The molecule has 0 spiro atoms. The Balaban J connectivity index is 5.09. The van der Waals surface area contributed by atoms with Crippen molar-refractivity contribution in [2.24, 2.45) is 0 Å². The summed E-state index contributed by atoms with van der Waals surface area (Å²) in [5.74, 6) is -0.890. The van der Waals surface area contributed by atoms with Crippen LogP contribution in [0.1, 0.15) is 63.9 Å². The van der Waals surface area contributed by atoms with Crippen LogP contribution in [0.5, 0.6) is 0 Å². The highest BCUT2D eigenvalue weighted by atomic mass is 28.4. The third-order valence-electron chi connectivity index (χ3n) is 3.59. The molecular formula is C15H32O3Si. The molecular weight excluding hydrogens is 256 g/mol. The van der Waals surface area contributed by atoms with Crippen LogP contribution in [0.3, 0.4) is 0 Å². The SMILES string of the molecule is [2H]C([2H])(CC[C@]([2H])(CCC)O[Si](C)(C)C(C)(C)C)C(=O)OC. The summed E-state index contributed by atoms with van der Waals surface area (Å²) in [5.41, 5.74) is 0. The van der Waals surface area contributed by atoms with Crippen LogP contribution in [-0.4, -0.2) is 27.5 Å². The van der Waals surface area contributed by atoms with E-state index in [9.17, 15) is 4.79 Å². The lowest BCUT2D eigenvalue weighted by Gasteiger charge is -2.39. The Hall–Kier alpha value is -0.353. The quantitative estimate of drug-likeness (QED) is 0.487. The highest BCUT2D eigenvalue weighted by Gasteiger charge is 2.38. The first-order valence-electron chi connectivity index (χ1n) is 8.49. The summed E-state index contributed by atoms with van der Waals surface area (Å²) < 4.78 is 34.9. The molecule has 3 nitrogen and oxygen atoms in total. The highest BCUT2D eigenvalue weighted by molar-refractivity contribution is 6.74. The smallest absolute Gasteiger partial charge is 0.305 e. The molecule has 114 valence electrons. The lowest BCUT2D eigenvalue weighted by molar-refractivity contribution is -0.140. The van der Waals surface area contributed by atoms with Gasteiger partial charge in [-0.3, -0.25) is 4.79 Å². The van der Waals surface area contributed by atoms with Gasteiger partial charge in [0, 0.05) is 15.2 Å². The van der Waals surface area contributed by atoms with Crippen molar-refractivity contribution < 1.29 is 18.1 Å². The number of ether oxygens (including phenoxy) is 1. The third-order valence-corrected chi connectivity index (χ3v) is 8.00. The minimum Gasteiger partial charge on any atom is -0.469 e. The zero-order valence-electron chi connectivity index (χ0n) is 16.6. The Morgan fingerprint density at radius 1 is 1.37 bits per heavy atom. The van der Waals surface area contributed by atoms with Gasteiger partial charge in [0.1, 0.15) is 0 Å². The van der Waals surface area contributed by atoms with Gasteiger partial charge in [0.2, 0.25) is 0 Å². The summed E-state index contributed by atoms with van der Waals surface area (Å²) >= 11 is 0. The molecule has 1 atom stereocenters. The fourth-order valence-corrected chi connectivity index (χ4v) is 2.63. The van der Waals surface area contributed by atoms with Crippen molar-refractivity contribution in [2.45, 2.75) is 84.0 Å². The zero-order chi connectivity index (χ0) is 17.8. The Morgan fingerprint density at radius 3 is 2.37 bits per heavy atom. The van der Waals surface area contributed by atoms with E-state index in [-0.39, 0.29) is 17.9 Å². The maximum absolute atomic E-state index is 11.5. The summed E-state index contributed by atoms with van der Waals surface area (Å²) in [4.78, 5) is 11.5. The predicted octanol–water partition coefficient (Wildman–Crippen LogP) is 4.52. The van der Waals surface area contributed by atoms with Crippen LogP contribution in [-0.2, 0) is 14.0 Å². The van der Waals surface area contributed by atoms with Crippen LogP contribution in [0.2, 0.25) is 18.1 Å². The van der Waals surface area contributed by atoms with Gasteiger partial charge in [0.15, 0.2) is 8.32 Å². The van der Waals surface area contributed by atoms with E-state index in [0.717, 1.165) is 6.42 Å². The molecule has 0 aliphatic heterocycles. The molecule has 0 unspecified atom stereocenters. The molecule has 0 aliphatic carbocycles. The van der Waals surface area contributed by atoms with E-state index in [0.29, 0.717) is 6.42 Å². The monoisotopic (exact) mass is 291 g/mol. The van der Waals surface area contributed by atoms with Crippen LogP contribution in [0.25, 0.3) is 0 Å². The number of hydrogen-bond acceptors (Lipinski definition) is 3. The van der Waals surface area contributed by atoms with Gasteiger partial charge in [-0.2, -0.15) is 0 Å². The number of esters is 1. The maximum Gasteiger partial charge on any atom is 0.305 e. The largest absolute Gasteiger partial charge is 0.469 e. The molecule has 0 radical (unpaired) electrons. The first-order valence-corrected chi connectivity index (χ1v) is 9.90. The van der Waals surface area contributed by atoms with Gasteiger partial charge in [-0.05, 0) is 37.4 Å². The average Bonchev–Trinajstić information content (AvgIpc) is 2.34. The summed E-state index contributed by atoms with van der Waals surface area (Å²) in [6.07, 6.45) is -1.83. The van der Waals surface area contributed by atoms with E-state index < -0.39 is 26.7 Å². The van der Waals surface area contributed by atoms with Crippen molar-refractivity contribution in [3.8, 4) is 0 Å². The minimum absolute atomic E-state index is 0.0194. The average molecular weight is 292 g/mol. The van der Waals surface area contributed by atoms with E-state index in [1.807, 2.05) is 6.92 Å². The molecule has 0 amide bonds. The van der Waals surface area contributed by atoms with Gasteiger partial charge in [-0.25, -0.2) is 0 Å². The molecule has 0 heterocycles. The van der Waals surface area contributed by atoms with Gasteiger partial charge >= 0.3 is 5.97 Å². The molecule has 0 aromatic carbocycles. The first-order chi connectivity index (χ1) is 9.71. The Kier molecular flexibility index (Phi) is 5.77. The fourth-order valence-electron chi connectivity index (χ4n) is 1.40. The lowest BCUT2D eigenvalue weighted by atomic mass is 10.1. The molecule has 0 bridgehead atoms. The van der Waals surface area contributed by atoms with E-state index in [1.54, 1.807) is 0 Å². The van der Waals surface area contributed by atoms with Gasteiger partial charge < -0.3 is 9.16 Å². The fraction of sp³-hybridized carbons (Fsp3) is 0.933. The molecule has 0 N–H and O–H groups in total. The molecule has 0 fully saturated rings. The number of carbonyl (C=O) groups excluding carboxylic acids is 1. The van der Waals surface area contributed by atoms with E-state index >= 15 is 0 Å². The zero-order valence-corrected chi connectivity index (χ0v) is 14.6. The third kappa shape index (κ3) is 7.11. The number of carbonyl (C=O) groups is 1.